The zero-order valence-corrected chi connectivity index (χ0v) is 12.5. The lowest BCUT2D eigenvalue weighted by Gasteiger charge is -2.37. The summed E-state index contributed by atoms with van der Waals surface area (Å²) >= 11 is 0. The Morgan fingerprint density at radius 3 is 2.70 bits per heavy atom. The molecule has 6 heteroatoms. The third kappa shape index (κ3) is 2.33. The molecule has 0 saturated heterocycles. The molecule has 1 aliphatic rings. The van der Waals surface area contributed by atoms with Crippen LogP contribution in [0.3, 0.4) is 0 Å². The van der Waals surface area contributed by atoms with Crippen LogP contribution in [0.1, 0.15) is 25.8 Å². The van der Waals surface area contributed by atoms with Crippen molar-refractivity contribution >= 4 is 15.8 Å². The summed E-state index contributed by atoms with van der Waals surface area (Å²) in [6.45, 7) is 4.43. The summed E-state index contributed by atoms with van der Waals surface area (Å²) in [6.07, 6.45) is 0.193. The largest absolute Gasteiger partial charge is 0.464 e. The Bertz CT molecular complexity index is 611. The quantitative estimate of drug-likeness (QED) is 0.846. The zero-order chi connectivity index (χ0) is 14.8. The van der Waals surface area contributed by atoms with Gasteiger partial charge in [-0.25, -0.2) is 13.2 Å². The van der Waals surface area contributed by atoms with Gasteiger partial charge in [0, 0.05) is 5.56 Å². The number of sulfone groups is 1. The van der Waals surface area contributed by atoms with Crippen molar-refractivity contribution in [2.75, 3.05) is 18.9 Å². The summed E-state index contributed by atoms with van der Waals surface area (Å²) in [5, 5.41) is 3.14. The summed E-state index contributed by atoms with van der Waals surface area (Å²) in [6, 6.07) is 6.65. The second-order valence-corrected chi connectivity index (χ2v) is 6.80. The number of ether oxygens (including phenoxy) is 1. The van der Waals surface area contributed by atoms with Crippen LogP contribution in [0, 0.1) is 0 Å². The van der Waals surface area contributed by atoms with Gasteiger partial charge in [0.1, 0.15) is 5.54 Å². The standard InChI is InChI=1S/C14H19NO4S/c1-3-15-14(13(16)19-4-2)9-10-20(17,18)12-8-6-5-7-11(12)14/h5-8,15H,3-4,9-10H2,1-2H3. The topological polar surface area (TPSA) is 72.5 Å². The molecule has 5 nitrogen and oxygen atoms in total. The number of carbonyl (C=O) groups is 1. The number of rotatable bonds is 4. The van der Waals surface area contributed by atoms with Gasteiger partial charge in [-0.1, -0.05) is 25.1 Å². The molecule has 1 aromatic rings. The van der Waals surface area contributed by atoms with Crippen LogP contribution in [0.15, 0.2) is 29.2 Å². The number of hydrogen-bond acceptors (Lipinski definition) is 5. The highest BCUT2D eigenvalue weighted by Crippen LogP contribution is 2.37. The first-order chi connectivity index (χ1) is 9.48. The maximum Gasteiger partial charge on any atom is 0.331 e. The van der Waals surface area contributed by atoms with Gasteiger partial charge in [0.2, 0.25) is 0 Å². The van der Waals surface area contributed by atoms with Crippen LogP contribution in [0.5, 0.6) is 0 Å². The molecule has 0 saturated carbocycles. The molecule has 0 fully saturated rings. The molecular weight excluding hydrogens is 278 g/mol. The molecule has 1 unspecified atom stereocenters. The fourth-order valence-corrected chi connectivity index (χ4v) is 4.30. The molecule has 0 radical (unpaired) electrons. The van der Waals surface area contributed by atoms with Crippen molar-refractivity contribution in [2.24, 2.45) is 0 Å². The van der Waals surface area contributed by atoms with Gasteiger partial charge in [-0.3, -0.25) is 5.32 Å². The highest BCUT2D eigenvalue weighted by molar-refractivity contribution is 7.91. The van der Waals surface area contributed by atoms with Crippen molar-refractivity contribution in [3.63, 3.8) is 0 Å². The van der Waals surface area contributed by atoms with E-state index >= 15 is 0 Å². The highest BCUT2D eigenvalue weighted by Gasteiger charge is 2.48. The summed E-state index contributed by atoms with van der Waals surface area (Å²) in [7, 11) is -3.33. The van der Waals surface area contributed by atoms with Crippen LogP contribution in [0.25, 0.3) is 0 Å². The average molecular weight is 297 g/mol. The Labute approximate surface area is 119 Å². The first-order valence-electron chi connectivity index (χ1n) is 6.72. The molecule has 0 bridgehead atoms. The van der Waals surface area contributed by atoms with E-state index in [4.69, 9.17) is 4.74 Å². The van der Waals surface area contributed by atoms with E-state index in [1.165, 1.54) is 0 Å². The van der Waals surface area contributed by atoms with Gasteiger partial charge in [0.25, 0.3) is 0 Å². The van der Waals surface area contributed by atoms with Crippen LogP contribution in [-0.2, 0) is 24.9 Å². The predicted octanol–water partition coefficient (Wildman–Crippen LogP) is 1.23. The van der Waals surface area contributed by atoms with Crippen LogP contribution < -0.4 is 5.32 Å². The summed E-state index contributed by atoms with van der Waals surface area (Å²) in [4.78, 5) is 12.6. The van der Waals surface area contributed by atoms with Crippen molar-refractivity contribution < 1.29 is 17.9 Å². The molecule has 1 aromatic carbocycles. The SMILES string of the molecule is CCNC1(C(=O)OCC)CCS(=O)(=O)c2ccccc21. The van der Waals surface area contributed by atoms with E-state index in [-0.39, 0.29) is 23.7 Å². The van der Waals surface area contributed by atoms with E-state index in [2.05, 4.69) is 5.32 Å². The minimum absolute atomic E-state index is 0.0597. The Balaban J connectivity index is 2.62. The number of benzene rings is 1. The minimum atomic E-state index is -3.33. The van der Waals surface area contributed by atoms with Crippen LogP contribution in [0.4, 0.5) is 0 Å². The van der Waals surface area contributed by atoms with E-state index in [1.54, 1.807) is 31.2 Å². The predicted molar refractivity (Wildman–Crippen MR) is 75.1 cm³/mol. The molecule has 1 N–H and O–H groups in total. The van der Waals surface area contributed by atoms with E-state index in [0.717, 1.165) is 0 Å². The fraction of sp³-hybridized carbons (Fsp3) is 0.500. The van der Waals surface area contributed by atoms with Crippen LogP contribution in [-0.4, -0.2) is 33.3 Å². The zero-order valence-electron chi connectivity index (χ0n) is 11.7. The normalized spacial score (nSPS) is 23.9. The third-order valence-corrected chi connectivity index (χ3v) is 5.30. The van der Waals surface area contributed by atoms with Gasteiger partial charge in [-0.2, -0.15) is 0 Å². The summed E-state index contributed by atoms with van der Waals surface area (Å²) in [5.74, 6) is -0.472. The number of fused-ring (bicyclic) bond motifs is 1. The monoisotopic (exact) mass is 297 g/mol. The minimum Gasteiger partial charge on any atom is -0.464 e. The molecule has 2 rings (SSSR count). The lowest BCUT2D eigenvalue weighted by atomic mass is 9.86. The van der Waals surface area contributed by atoms with E-state index < -0.39 is 21.3 Å². The second kappa shape index (κ2) is 5.54. The van der Waals surface area contributed by atoms with Gasteiger partial charge in [0.05, 0.1) is 17.3 Å². The molecule has 1 aliphatic heterocycles. The lowest BCUT2D eigenvalue weighted by molar-refractivity contribution is -0.152. The van der Waals surface area contributed by atoms with Gasteiger partial charge in [-0.15, -0.1) is 0 Å². The third-order valence-electron chi connectivity index (χ3n) is 3.53. The van der Waals surface area contributed by atoms with Crippen molar-refractivity contribution in [1.82, 2.24) is 5.32 Å². The molecular formula is C14H19NO4S. The molecule has 0 aliphatic carbocycles. The molecule has 20 heavy (non-hydrogen) atoms. The molecule has 0 spiro atoms. The molecule has 110 valence electrons. The Morgan fingerprint density at radius 2 is 2.05 bits per heavy atom. The number of carbonyl (C=O) groups excluding carboxylic acids is 1. The number of nitrogens with one attached hydrogen (secondary N) is 1. The Kier molecular flexibility index (Phi) is 4.15. The number of likely N-dealkylation sites (N-methyl/N-ethyl adjacent to an activating group) is 1. The summed E-state index contributed by atoms with van der Waals surface area (Å²) < 4.78 is 29.5. The van der Waals surface area contributed by atoms with Crippen molar-refractivity contribution in [3.05, 3.63) is 29.8 Å². The van der Waals surface area contributed by atoms with Crippen molar-refractivity contribution in [3.8, 4) is 0 Å². The molecule has 1 atom stereocenters. The van der Waals surface area contributed by atoms with Gasteiger partial charge in [0.15, 0.2) is 9.84 Å². The lowest BCUT2D eigenvalue weighted by Crippen LogP contribution is -2.53. The van der Waals surface area contributed by atoms with Crippen molar-refractivity contribution in [1.29, 1.82) is 0 Å². The van der Waals surface area contributed by atoms with Gasteiger partial charge >= 0.3 is 5.97 Å². The van der Waals surface area contributed by atoms with Crippen LogP contribution in [0.2, 0.25) is 0 Å². The first-order valence-corrected chi connectivity index (χ1v) is 8.37. The highest BCUT2D eigenvalue weighted by atomic mass is 32.2. The summed E-state index contributed by atoms with van der Waals surface area (Å²) in [5.41, 5.74) is -0.571. The van der Waals surface area contributed by atoms with E-state index in [1.807, 2.05) is 6.92 Å². The van der Waals surface area contributed by atoms with Crippen LogP contribution >= 0.6 is 0 Å². The molecule has 1 heterocycles. The van der Waals surface area contributed by atoms with Gasteiger partial charge < -0.3 is 4.74 Å². The fourth-order valence-electron chi connectivity index (χ4n) is 2.65. The van der Waals surface area contributed by atoms with Crippen molar-refractivity contribution in [2.45, 2.75) is 30.7 Å². The average Bonchev–Trinajstić information content (AvgIpc) is 2.43. The van der Waals surface area contributed by atoms with Gasteiger partial charge in [-0.05, 0) is 26.0 Å². The maximum absolute atomic E-state index is 12.4. The smallest absolute Gasteiger partial charge is 0.331 e. The Hall–Kier alpha value is -1.40. The second-order valence-electron chi connectivity index (χ2n) is 4.72. The maximum atomic E-state index is 12.4. The van der Waals surface area contributed by atoms with E-state index in [9.17, 15) is 13.2 Å². The molecule has 0 aromatic heterocycles. The first kappa shape index (κ1) is 15.0. The molecule has 0 amide bonds. The van der Waals surface area contributed by atoms with E-state index in [0.29, 0.717) is 12.1 Å². The number of hydrogen-bond donors (Lipinski definition) is 1. The number of esters is 1. The Morgan fingerprint density at radius 1 is 1.35 bits per heavy atom.